The van der Waals surface area contributed by atoms with Crippen LogP contribution >= 0.6 is 31.9 Å². The number of pyridine rings is 1. The maximum atomic E-state index is 12.7. The lowest BCUT2D eigenvalue weighted by Crippen LogP contribution is -2.37. The first-order valence-corrected chi connectivity index (χ1v) is 8.95. The summed E-state index contributed by atoms with van der Waals surface area (Å²) < 4.78 is 0. The molecule has 0 unspecified atom stereocenters. The average molecular weight is 414 g/mol. The van der Waals surface area contributed by atoms with E-state index < -0.39 is 0 Å². The molecule has 2 saturated carbocycles. The lowest BCUT2D eigenvalue weighted by molar-refractivity contribution is -0.141. The molecule has 3 aliphatic rings. The molecule has 1 aromatic heterocycles. The molecule has 2 bridgehead atoms. The number of halogens is 2. The summed E-state index contributed by atoms with van der Waals surface area (Å²) in [5.41, 5.74) is 0.900. The zero-order valence-corrected chi connectivity index (χ0v) is 14.3. The fourth-order valence-corrected chi connectivity index (χ4v) is 6.11. The van der Waals surface area contributed by atoms with Gasteiger partial charge in [-0.25, -0.2) is 0 Å². The number of nitrogens with zero attached hydrogens (tertiary/aromatic N) is 2. The summed E-state index contributed by atoms with van der Waals surface area (Å²) in [6.45, 7) is 0.345. The summed E-state index contributed by atoms with van der Waals surface area (Å²) >= 11 is 7.38. The van der Waals surface area contributed by atoms with Crippen LogP contribution in [0.15, 0.2) is 24.5 Å². The van der Waals surface area contributed by atoms with E-state index in [1.807, 2.05) is 12.1 Å². The van der Waals surface area contributed by atoms with Crippen molar-refractivity contribution >= 4 is 43.7 Å². The molecule has 1 saturated heterocycles. The lowest BCUT2D eigenvalue weighted by atomic mass is 9.81. The van der Waals surface area contributed by atoms with Crippen LogP contribution in [0.3, 0.4) is 0 Å². The minimum Gasteiger partial charge on any atom is -0.278 e. The van der Waals surface area contributed by atoms with E-state index in [4.69, 9.17) is 0 Å². The van der Waals surface area contributed by atoms with Crippen molar-refractivity contribution in [1.29, 1.82) is 0 Å². The number of fused-ring (bicyclic) bond motifs is 5. The Kier molecular flexibility index (Phi) is 3.23. The van der Waals surface area contributed by atoms with Gasteiger partial charge < -0.3 is 0 Å². The van der Waals surface area contributed by atoms with Gasteiger partial charge in [0.25, 0.3) is 0 Å². The molecule has 0 aromatic carbocycles. The molecular weight excluding hydrogens is 400 g/mol. The normalized spacial score (nSPS) is 41.0. The Bertz CT molecular complexity index is 577. The first-order chi connectivity index (χ1) is 10.1. The van der Waals surface area contributed by atoms with Gasteiger partial charge in [-0.2, -0.15) is 0 Å². The van der Waals surface area contributed by atoms with Crippen molar-refractivity contribution in [2.24, 2.45) is 23.7 Å². The van der Waals surface area contributed by atoms with E-state index in [1.54, 1.807) is 12.4 Å². The lowest BCUT2D eigenvalue weighted by Gasteiger charge is -2.28. The number of imide groups is 1. The fourth-order valence-electron chi connectivity index (χ4n) is 4.24. The Morgan fingerprint density at radius 3 is 2.29 bits per heavy atom. The van der Waals surface area contributed by atoms with Crippen LogP contribution in [0, 0.1) is 23.7 Å². The highest BCUT2D eigenvalue weighted by Crippen LogP contribution is 2.60. The van der Waals surface area contributed by atoms with Crippen molar-refractivity contribution in [3.63, 3.8) is 0 Å². The van der Waals surface area contributed by atoms with E-state index in [0.717, 1.165) is 12.0 Å². The average Bonchev–Trinajstić information content (AvgIpc) is 3.09. The third-order valence-electron chi connectivity index (χ3n) is 5.14. The summed E-state index contributed by atoms with van der Waals surface area (Å²) in [7, 11) is 0. The van der Waals surface area contributed by atoms with Gasteiger partial charge in [0, 0.05) is 22.0 Å². The largest absolute Gasteiger partial charge is 0.278 e. The summed E-state index contributed by atoms with van der Waals surface area (Å²) in [6.07, 6.45) is 4.38. The minimum atomic E-state index is -0.127. The maximum absolute atomic E-state index is 12.7. The van der Waals surface area contributed by atoms with E-state index in [9.17, 15) is 9.59 Å². The number of carbonyl (C=O) groups excluding carboxylic acids is 2. The van der Waals surface area contributed by atoms with Crippen LogP contribution in [0.4, 0.5) is 0 Å². The van der Waals surface area contributed by atoms with Gasteiger partial charge in [0.2, 0.25) is 11.8 Å². The highest BCUT2D eigenvalue weighted by Gasteiger charge is 2.66. The van der Waals surface area contributed by atoms with Gasteiger partial charge in [0.15, 0.2) is 0 Å². The maximum Gasteiger partial charge on any atom is 0.233 e. The molecule has 0 spiro atoms. The van der Waals surface area contributed by atoms with Crippen LogP contribution in [0.5, 0.6) is 0 Å². The fraction of sp³-hybridized carbons (Fsp3) is 0.533. The molecule has 0 radical (unpaired) electrons. The van der Waals surface area contributed by atoms with Crippen LogP contribution < -0.4 is 0 Å². The molecule has 1 aromatic rings. The summed E-state index contributed by atoms with van der Waals surface area (Å²) in [4.78, 5) is 31.5. The van der Waals surface area contributed by atoms with Crippen molar-refractivity contribution in [1.82, 2.24) is 9.88 Å². The number of amides is 2. The van der Waals surface area contributed by atoms with E-state index >= 15 is 0 Å². The highest BCUT2D eigenvalue weighted by atomic mass is 79.9. The molecule has 6 atom stereocenters. The van der Waals surface area contributed by atoms with Gasteiger partial charge in [-0.05, 0) is 29.9 Å². The molecule has 2 heterocycles. The molecule has 2 amide bonds. The van der Waals surface area contributed by atoms with Gasteiger partial charge >= 0.3 is 0 Å². The molecule has 3 fully saturated rings. The Morgan fingerprint density at radius 2 is 1.76 bits per heavy atom. The number of rotatable bonds is 2. The molecule has 4 rings (SSSR count). The summed E-state index contributed by atoms with van der Waals surface area (Å²) in [5, 5.41) is 0. The van der Waals surface area contributed by atoms with E-state index in [2.05, 4.69) is 36.8 Å². The zero-order chi connectivity index (χ0) is 14.7. The quantitative estimate of drug-likeness (QED) is 0.552. The van der Waals surface area contributed by atoms with Crippen molar-refractivity contribution < 1.29 is 9.59 Å². The minimum absolute atomic E-state index is 0.00482. The van der Waals surface area contributed by atoms with Crippen LogP contribution in [0.2, 0.25) is 0 Å². The van der Waals surface area contributed by atoms with Crippen molar-refractivity contribution in [2.75, 3.05) is 0 Å². The molecular formula is C15H14Br2N2O2. The monoisotopic (exact) mass is 412 g/mol. The molecule has 110 valence electrons. The van der Waals surface area contributed by atoms with Crippen LogP contribution in [0.1, 0.15) is 12.0 Å². The third-order valence-corrected chi connectivity index (χ3v) is 8.35. The van der Waals surface area contributed by atoms with Gasteiger partial charge in [0.1, 0.15) is 0 Å². The first kappa shape index (κ1) is 13.9. The Morgan fingerprint density at radius 1 is 1.14 bits per heavy atom. The second-order valence-corrected chi connectivity index (χ2v) is 8.24. The predicted octanol–water partition coefficient (Wildman–Crippen LogP) is 2.36. The van der Waals surface area contributed by atoms with Gasteiger partial charge in [-0.1, -0.05) is 37.9 Å². The van der Waals surface area contributed by atoms with E-state index in [0.29, 0.717) is 16.2 Å². The molecule has 2 aliphatic carbocycles. The van der Waals surface area contributed by atoms with Crippen molar-refractivity contribution in [2.45, 2.75) is 22.6 Å². The number of hydrogen-bond acceptors (Lipinski definition) is 3. The van der Waals surface area contributed by atoms with E-state index in [1.165, 1.54) is 4.90 Å². The summed E-state index contributed by atoms with van der Waals surface area (Å²) in [6, 6.07) is 3.73. The van der Waals surface area contributed by atoms with Gasteiger partial charge in [-0.3, -0.25) is 19.5 Å². The molecule has 4 nitrogen and oxygen atoms in total. The number of hydrogen-bond donors (Lipinski definition) is 0. The molecule has 6 heteroatoms. The van der Waals surface area contributed by atoms with Crippen LogP contribution in [-0.4, -0.2) is 31.4 Å². The Labute approximate surface area is 139 Å². The predicted molar refractivity (Wildman–Crippen MR) is 83.8 cm³/mol. The van der Waals surface area contributed by atoms with Gasteiger partial charge in [0.05, 0.1) is 18.4 Å². The zero-order valence-electron chi connectivity index (χ0n) is 11.2. The van der Waals surface area contributed by atoms with Gasteiger partial charge in [-0.15, -0.1) is 0 Å². The molecule has 1 aliphatic heterocycles. The number of carbonyl (C=O) groups is 2. The molecule has 21 heavy (non-hydrogen) atoms. The third kappa shape index (κ3) is 1.88. The van der Waals surface area contributed by atoms with Crippen LogP contribution in [-0.2, 0) is 16.1 Å². The van der Waals surface area contributed by atoms with Crippen molar-refractivity contribution in [3.8, 4) is 0 Å². The number of aromatic nitrogens is 1. The van der Waals surface area contributed by atoms with Crippen molar-refractivity contribution in [3.05, 3.63) is 30.1 Å². The SMILES string of the molecule is O=C1[C@@H]2[C@@H]3C[C@@H]([C@H](Br)[C@@H]3Br)[C@@H]2C(=O)N1Cc1cccnc1. The molecule has 0 N–H and O–H groups in total. The number of alkyl halides is 2. The van der Waals surface area contributed by atoms with Crippen LogP contribution in [0.25, 0.3) is 0 Å². The smallest absolute Gasteiger partial charge is 0.233 e. The second kappa shape index (κ2) is 4.88. The first-order valence-electron chi connectivity index (χ1n) is 7.12. The number of likely N-dealkylation sites (tertiary alicyclic amines) is 1. The standard InChI is InChI=1S/C15H14Br2N2O2/c16-12-8-4-9(13(12)17)11-10(8)14(20)19(15(11)21)6-7-2-1-3-18-5-7/h1-3,5,8-13H,4,6H2/t8-,9+,10+,11-,12+,13-. The highest BCUT2D eigenvalue weighted by molar-refractivity contribution is 9.12. The Balaban J connectivity index is 1.62. The van der Waals surface area contributed by atoms with E-state index in [-0.39, 0.29) is 35.5 Å². The Hall–Kier alpha value is -0.750. The summed E-state index contributed by atoms with van der Waals surface area (Å²) in [5.74, 6) is 0.310. The second-order valence-electron chi connectivity index (χ2n) is 6.13. The topological polar surface area (TPSA) is 50.3 Å².